The Balaban J connectivity index is 1.96. The standard InChI is InChI=1S/C14H23N3O/c1-3-9-18-13-11(15)5-6-12(17-13)16-10-14(4-2)7-8-14/h5-6H,3-4,7-10,15H2,1-2H3,(H,16,17). The summed E-state index contributed by atoms with van der Waals surface area (Å²) in [4.78, 5) is 4.42. The molecule has 1 saturated carbocycles. The fourth-order valence-electron chi connectivity index (χ4n) is 1.97. The van der Waals surface area contributed by atoms with Gasteiger partial charge in [0.25, 0.3) is 0 Å². The second-order valence-corrected chi connectivity index (χ2v) is 5.15. The van der Waals surface area contributed by atoms with E-state index in [-0.39, 0.29) is 0 Å². The molecule has 3 N–H and O–H groups in total. The zero-order valence-corrected chi connectivity index (χ0v) is 11.3. The molecule has 1 aliphatic carbocycles. The molecule has 18 heavy (non-hydrogen) atoms. The average molecular weight is 249 g/mol. The van der Waals surface area contributed by atoms with Crippen molar-refractivity contribution in [2.75, 3.05) is 24.2 Å². The molecule has 1 aromatic heterocycles. The minimum absolute atomic E-state index is 0.507. The van der Waals surface area contributed by atoms with E-state index in [4.69, 9.17) is 10.5 Å². The number of nitrogens with one attached hydrogen (secondary N) is 1. The number of aromatic nitrogens is 1. The van der Waals surface area contributed by atoms with Crippen molar-refractivity contribution in [3.05, 3.63) is 12.1 Å². The number of nitrogens with two attached hydrogens (primary N) is 1. The Morgan fingerprint density at radius 1 is 1.39 bits per heavy atom. The minimum Gasteiger partial charge on any atom is -0.476 e. The number of nitrogens with zero attached hydrogens (tertiary/aromatic N) is 1. The third kappa shape index (κ3) is 3.06. The van der Waals surface area contributed by atoms with Gasteiger partial charge in [-0.3, -0.25) is 0 Å². The molecule has 2 rings (SSSR count). The quantitative estimate of drug-likeness (QED) is 0.779. The van der Waals surface area contributed by atoms with Crippen LogP contribution in [0.15, 0.2) is 12.1 Å². The third-order valence-electron chi connectivity index (χ3n) is 3.68. The lowest BCUT2D eigenvalue weighted by Crippen LogP contribution is -2.15. The van der Waals surface area contributed by atoms with E-state index in [9.17, 15) is 0 Å². The van der Waals surface area contributed by atoms with E-state index in [1.807, 2.05) is 12.1 Å². The van der Waals surface area contributed by atoms with Crippen LogP contribution in [0.3, 0.4) is 0 Å². The number of rotatable bonds is 7. The molecule has 0 atom stereocenters. The largest absolute Gasteiger partial charge is 0.476 e. The Hall–Kier alpha value is -1.45. The van der Waals surface area contributed by atoms with Crippen molar-refractivity contribution < 1.29 is 4.74 Å². The highest BCUT2D eigenvalue weighted by molar-refractivity contribution is 5.53. The van der Waals surface area contributed by atoms with Crippen molar-refractivity contribution in [3.63, 3.8) is 0 Å². The number of hydrogen-bond acceptors (Lipinski definition) is 4. The van der Waals surface area contributed by atoms with Crippen molar-refractivity contribution in [1.82, 2.24) is 4.98 Å². The first-order chi connectivity index (χ1) is 8.69. The molecule has 4 heteroatoms. The van der Waals surface area contributed by atoms with Crippen LogP contribution in [0.25, 0.3) is 0 Å². The molecule has 0 spiro atoms. The van der Waals surface area contributed by atoms with E-state index in [0.29, 0.717) is 23.6 Å². The predicted molar refractivity (Wildman–Crippen MR) is 74.9 cm³/mol. The lowest BCUT2D eigenvalue weighted by atomic mass is 10.0. The molecule has 0 bridgehead atoms. The van der Waals surface area contributed by atoms with Gasteiger partial charge < -0.3 is 15.8 Å². The molecule has 0 saturated heterocycles. The van der Waals surface area contributed by atoms with Gasteiger partial charge in [-0.15, -0.1) is 0 Å². The van der Waals surface area contributed by atoms with Gasteiger partial charge in [-0.1, -0.05) is 13.8 Å². The highest BCUT2D eigenvalue weighted by Gasteiger charge is 2.40. The first-order valence-electron chi connectivity index (χ1n) is 6.82. The van der Waals surface area contributed by atoms with Gasteiger partial charge in [-0.2, -0.15) is 4.98 Å². The van der Waals surface area contributed by atoms with Crippen LogP contribution in [0.2, 0.25) is 0 Å². The SMILES string of the molecule is CCCOc1nc(NCC2(CC)CC2)ccc1N. The summed E-state index contributed by atoms with van der Waals surface area (Å²) >= 11 is 0. The van der Waals surface area contributed by atoms with Crippen LogP contribution < -0.4 is 15.8 Å². The summed E-state index contributed by atoms with van der Waals surface area (Å²) in [7, 11) is 0. The molecular formula is C14H23N3O. The van der Waals surface area contributed by atoms with Gasteiger partial charge in [-0.05, 0) is 43.2 Å². The lowest BCUT2D eigenvalue weighted by Gasteiger charge is -2.15. The summed E-state index contributed by atoms with van der Waals surface area (Å²) in [5, 5.41) is 3.40. The van der Waals surface area contributed by atoms with Gasteiger partial charge in [0, 0.05) is 6.54 Å². The van der Waals surface area contributed by atoms with Gasteiger partial charge in [-0.25, -0.2) is 0 Å². The number of hydrogen-bond donors (Lipinski definition) is 2. The van der Waals surface area contributed by atoms with Crippen molar-refractivity contribution in [2.45, 2.75) is 39.5 Å². The Bertz CT molecular complexity index is 402. The van der Waals surface area contributed by atoms with Crippen molar-refractivity contribution >= 4 is 11.5 Å². The van der Waals surface area contributed by atoms with Crippen LogP contribution in [-0.2, 0) is 0 Å². The molecule has 1 aliphatic rings. The van der Waals surface area contributed by atoms with Gasteiger partial charge in [0.1, 0.15) is 5.82 Å². The van der Waals surface area contributed by atoms with Crippen LogP contribution in [0.5, 0.6) is 5.88 Å². The summed E-state index contributed by atoms with van der Waals surface area (Å²) in [5.41, 5.74) is 6.95. The highest BCUT2D eigenvalue weighted by Crippen LogP contribution is 2.48. The van der Waals surface area contributed by atoms with Crippen molar-refractivity contribution in [3.8, 4) is 5.88 Å². The van der Waals surface area contributed by atoms with E-state index in [1.165, 1.54) is 19.3 Å². The second-order valence-electron chi connectivity index (χ2n) is 5.15. The molecule has 0 unspecified atom stereocenters. The minimum atomic E-state index is 0.507. The van der Waals surface area contributed by atoms with Crippen LogP contribution in [-0.4, -0.2) is 18.1 Å². The summed E-state index contributed by atoms with van der Waals surface area (Å²) in [6.07, 6.45) is 4.83. The number of anilines is 2. The molecule has 1 heterocycles. The van der Waals surface area contributed by atoms with E-state index >= 15 is 0 Å². The zero-order chi connectivity index (χ0) is 13.0. The predicted octanol–water partition coefficient (Wildman–Crippen LogP) is 3.05. The van der Waals surface area contributed by atoms with Crippen LogP contribution in [0.4, 0.5) is 11.5 Å². The van der Waals surface area contributed by atoms with E-state index in [2.05, 4.69) is 24.1 Å². The molecule has 0 aromatic carbocycles. The summed E-state index contributed by atoms with van der Waals surface area (Å²) in [5.74, 6) is 1.40. The number of ether oxygens (including phenoxy) is 1. The van der Waals surface area contributed by atoms with Gasteiger partial charge in [0.15, 0.2) is 0 Å². The third-order valence-corrected chi connectivity index (χ3v) is 3.68. The van der Waals surface area contributed by atoms with Gasteiger partial charge in [0.2, 0.25) is 5.88 Å². The normalized spacial score (nSPS) is 16.3. The highest BCUT2D eigenvalue weighted by atomic mass is 16.5. The monoisotopic (exact) mass is 249 g/mol. The topological polar surface area (TPSA) is 60.2 Å². The van der Waals surface area contributed by atoms with Crippen LogP contribution in [0, 0.1) is 5.41 Å². The summed E-state index contributed by atoms with van der Waals surface area (Å²) in [6.45, 7) is 5.96. The van der Waals surface area contributed by atoms with E-state index in [0.717, 1.165) is 18.8 Å². The van der Waals surface area contributed by atoms with Crippen LogP contribution >= 0.6 is 0 Å². The molecule has 1 fully saturated rings. The van der Waals surface area contributed by atoms with Crippen molar-refractivity contribution in [2.24, 2.45) is 5.41 Å². The molecule has 1 aromatic rings. The van der Waals surface area contributed by atoms with Crippen LogP contribution in [0.1, 0.15) is 39.5 Å². The molecule has 4 nitrogen and oxygen atoms in total. The number of pyridine rings is 1. The lowest BCUT2D eigenvalue weighted by molar-refractivity contribution is 0.307. The van der Waals surface area contributed by atoms with E-state index < -0.39 is 0 Å². The molecule has 0 amide bonds. The maximum atomic E-state index is 5.84. The van der Waals surface area contributed by atoms with Gasteiger partial charge in [0.05, 0.1) is 12.3 Å². The smallest absolute Gasteiger partial charge is 0.239 e. The fourth-order valence-corrected chi connectivity index (χ4v) is 1.97. The summed E-state index contributed by atoms with van der Waals surface area (Å²) in [6, 6.07) is 3.77. The van der Waals surface area contributed by atoms with Gasteiger partial charge >= 0.3 is 0 Å². The zero-order valence-electron chi connectivity index (χ0n) is 11.3. The first kappa shape index (κ1) is 13.0. The first-order valence-corrected chi connectivity index (χ1v) is 6.82. The maximum Gasteiger partial charge on any atom is 0.239 e. The Morgan fingerprint density at radius 2 is 2.17 bits per heavy atom. The maximum absolute atomic E-state index is 5.84. The Morgan fingerprint density at radius 3 is 2.78 bits per heavy atom. The van der Waals surface area contributed by atoms with E-state index in [1.54, 1.807) is 0 Å². The summed E-state index contributed by atoms with van der Waals surface area (Å²) < 4.78 is 5.52. The molecule has 0 radical (unpaired) electrons. The molecule has 100 valence electrons. The Labute approximate surface area is 109 Å². The Kier molecular flexibility index (Phi) is 3.94. The molecular weight excluding hydrogens is 226 g/mol. The number of nitrogen functional groups attached to an aromatic ring is 1. The average Bonchev–Trinajstić information content (AvgIpc) is 3.17. The second kappa shape index (κ2) is 5.46. The fraction of sp³-hybridized carbons (Fsp3) is 0.643. The molecule has 0 aliphatic heterocycles. The van der Waals surface area contributed by atoms with Crippen molar-refractivity contribution in [1.29, 1.82) is 0 Å².